The summed E-state index contributed by atoms with van der Waals surface area (Å²) >= 11 is 0. The van der Waals surface area contributed by atoms with Crippen LogP contribution in [-0.4, -0.2) is 32.7 Å². The van der Waals surface area contributed by atoms with E-state index in [0.717, 1.165) is 5.82 Å². The second-order valence-corrected chi connectivity index (χ2v) is 4.77. The molecule has 1 aromatic carbocycles. The summed E-state index contributed by atoms with van der Waals surface area (Å²) in [5, 5.41) is 17.3. The standard InChI is InChI=1S/C15H14N4O2/c1-10-16-17-14-9-11(7-8-19(10)14)15(21)18(2)12-3-5-13(20)6-4-12/h3-9,20H,1-2H3. The van der Waals surface area contributed by atoms with E-state index in [0.29, 0.717) is 16.9 Å². The van der Waals surface area contributed by atoms with Crippen LogP contribution in [0.1, 0.15) is 16.2 Å². The predicted octanol–water partition coefficient (Wildman–Crippen LogP) is 2.02. The molecule has 0 saturated heterocycles. The van der Waals surface area contributed by atoms with Gasteiger partial charge in [-0.1, -0.05) is 0 Å². The Morgan fingerprint density at radius 3 is 2.62 bits per heavy atom. The molecule has 0 bridgehead atoms. The van der Waals surface area contributed by atoms with Crippen molar-refractivity contribution in [3.05, 3.63) is 54.0 Å². The van der Waals surface area contributed by atoms with Crippen LogP contribution in [0.3, 0.4) is 0 Å². The Labute approximate surface area is 121 Å². The SMILES string of the molecule is Cc1nnc2cc(C(=O)N(C)c3ccc(O)cc3)ccn12. The number of rotatable bonds is 2. The highest BCUT2D eigenvalue weighted by atomic mass is 16.3. The monoisotopic (exact) mass is 282 g/mol. The van der Waals surface area contributed by atoms with Crippen LogP contribution in [0, 0.1) is 6.92 Å². The zero-order chi connectivity index (χ0) is 15.0. The zero-order valence-corrected chi connectivity index (χ0v) is 11.7. The van der Waals surface area contributed by atoms with E-state index in [4.69, 9.17) is 0 Å². The summed E-state index contributed by atoms with van der Waals surface area (Å²) in [5.41, 5.74) is 1.87. The molecule has 6 nitrogen and oxygen atoms in total. The first-order chi connectivity index (χ1) is 10.1. The minimum Gasteiger partial charge on any atom is -0.508 e. The number of phenolic OH excluding ortho intramolecular Hbond substituents is 1. The number of carbonyl (C=O) groups is 1. The summed E-state index contributed by atoms with van der Waals surface area (Å²) < 4.78 is 1.82. The van der Waals surface area contributed by atoms with E-state index in [9.17, 15) is 9.90 Å². The van der Waals surface area contributed by atoms with Crippen LogP contribution in [-0.2, 0) is 0 Å². The molecular formula is C15H14N4O2. The molecule has 0 atom stereocenters. The number of hydrogen-bond donors (Lipinski definition) is 1. The summed E-state index contributed by atoms with van der Waals surface area (Å²) in [5.74, 6) is 0.791. The number of pyridine rings is 1. The fourth-order valence-electron chi connectivity index (χ4n) is 2.13. The third-order valence-electron chi connectivity index (χ3n) is 3.37. The number of aryl methyl sites for hydroxylation is 1. The van der Waals surface area contributed by atoms with E-state index >= 15 is 0 Å². The summed E-state index contributed by atoms with van der Waals surface area (Å²) in [7, 11) is 1.69. The highest BCUT2D eigenvalue weighted by Gasteiger charge is 2.15. The minimum absolute atomic E-state index is 0.149. The molecule has 1 N–H and O–H groups in total. The molecule has 0 aliphatic heterocycles. The smallest absolute Gasteiger partial charge is 0.258 e. The van der Waals surface area contributed by atoms with Gasteiger partial charge in [0.1, 0.15) is 11.6 Å². The summed E-state index contributed by atoms with van der Waals surface area (Å²) in [4.78, 5) is 14.0. The average Bonchev–Trinajstić information content (AvgIpc) is 2.87. The number of aromatic hydroxyl groups is 1. The fourth-order valence-corrected chi connectivity index (χ4v) is 2.13. The molecule has 21 heavy (non-hydrogen) atoms. The lowest BCUT2D eigenvalue weighted by molar-refractivity contribution is 0.0993. The molecule has 3 rings (SSSR count). The third kappa shape index (κ3) is 2.31. The van der Waals surface area contributed by atoms with Crippen molar-refractivity contribution >= 4 is 17.2 Å². The lowest BCUT2D eigenvalue weighted by Gasteiger charge is -2.17. The van der Waals surface area contributed by atoms with E-state index in [2.05, 4.69) is 10.2 Å². The van der Waals surface area contributed by atoms with E-state index in [1.54, 1.807) is 49.6 Å². The molecule has 3 aromatic rings. The van der Waals surface area contributed by atoms with Crippen LogP contribution in [0.5, 0.6) is 5.75 Å². The number of benzene rings is 1. The second-order valence-electron chi connectivity index (χ2n) is 4.77. The molecule has 0 spiro atoms. The molecule has 1 amide bonds. The van der Waals surface area contributed by atoms with Gasteiger partial charge in [0.25, 0.3) is 5.91 Å². The quantitative estimate of drug-likeness (QED) is 0.780. The van der Waals surface area contributed by atoms with Crippen LogP contribution in [0.15, 0.2) is 42.6 Å². The number of anilines is 1. The third-order valence-corrected chi connectivity index (χ3v) is 3.37. The van der Waals surface area contributed by atoms with Crippen LogP contribution in [0.25, 0.3) is 5.65 Å². The second kappa shape index (κ2) is 4.90. The average molecular weight is 282 g/mol. The number of hydrogen-bond acceptors (Lipinski definition) is 4. The van der Waals surface area contributed by atoms with Crippen LogP contribution < -0.4 is 4.90 Å². The van der Waals surface area contributed by atoms with Crippen LogP contribution in [0.4, 0.5) is 5.69 Å². The highest BCUT2D eigenvalue weighted by Crippen LogP contribution is 2.19. The summed E-state index contributed by atoms with van der Waals surface area (Å²) in [6.45, 7) is 1.85. The normalized spacial score (nSPS) is 10.8. The maximum Gasteiger partial charge on any atom is 0.258 e. The van der Waals surface area contributed by atoms with E-state index in [1.807, 2.05) is 11.3 Å². The number of carbonyl (C=O) groups excluding carboxylic acids is 1. The number of aromatic nitrogens is 3. The van der Waals surface area contributed by atoms with Gasteiger partial charge in [0.2, 0.25) is 0 Å². The first-order valence-corrected chi connectivity index (χ1v) is 6.45. The lowest BCUT2D eigenvalue weighted by Crippen LogP contribution is -2.26. The molecule has 0 saturated carbocycles. The zero-order valence-electron chi connectivity index (χ0n) is 11.7. The predicted molar refractivity (Wildman–Crippen MR) is 78.6 cm³/mol. The van der Waals surface area contributed by atoms with Crippen LogP contribution in [0.2, 0.25) is 0 Å². The maximum absolute atomic E-state index is 12.5. The molecular weight excluding hydrogens is 268 g/mol. The Morgan fingerprint density at radius 1 is 1.19 bits per heavy atom. The molecule has 6 heteroatoms. The maximum atomic E-state index is 12.5. The van der Waals surface area contributed by atoms with Gasteiger partial charge in [0, 0.05) is 24.5 Å². The lowest BCUT2D eigenvalue weighted by atomic mass is 10.2. The Hall–Kier alpha value is -2.89. The van der Waals surface area contributed by atoms with E-state index < -0.39 is 0 Å². The van der Waals surface area contributed by atoms with Crippen molar-refractivity contribution in [2.75, 3.05) is 11.9 Å². The van der Waals surface area contributed by atoms with Crippen molar-refractivity contribution in [2.24, 2.45) is 0 Å². The number of amides is 1. The Bertz CT molecular complexity index is 808. The van der Waals surface area contributed by atoms with E-state index in [-0.39, 0.29) is 11.7 Å². The molecule has 0 fully saturated rings. The van der Waals surface area contributed by atoms with Crippen molar-refractivity contribution in [1.82, 2.24) is 14.6 Å². The van der Waals surface area contributed by atoms with Crippen molar-refractivity contribution in [1.29, 1.82) is 0 Å². The first kappa shape index (κ1) is 13.1. The van der Waals surface area contributed by atoms with Gasteiger partial charge in [-0.15, -0.1) is 10.2 Å². The molecule has 0 unspecified atom stereocenters. The van der Waals surface area contributed by atoms with Gasteiger partial charge in [-0.3, -0.25) is 9.20 Å². The van der Waals surface area contributed by atoms with Crippen molar-refractivity contribution in [3.8, 4) is 5.75 Å². The van der Waals surface area contributed by atoms with Gasteiger partial charge < -0.3 is 10.0 Å². The van der Waals surface area contributed by atoms with Crippen molar-refractivity contribution < 1.29 is 9.90 Å². The van der Waals surface area contributed by atoms with Crippen molar-refractivity contribution in [2.45, 2.75) is 6.92 Å². The van der Waals surface area contributed by atoms with Gasteiger partial charge >= 0.3 is 0 Å². The molecule has 106 valence electrons. The Morgan fingerprint density at radius 2 is 1.90 bits per heavy atom. The van der Waals surface area contributed by atoms with Crippen LogP contribution >= 0.6 is 0 Å². The number of fused-ring (bicyclic) bond motifs is 1. The topological polar surface area (TPSA) is 70.7 Å². The number of phenols is 1. The van der Waals surface area contributed by atoms with Gasteiger partial charge in [0.05, 0.1) is 0 Å². The minimum atomic E-state index is -0.149. The van der Waals surface area contributed by atoms with Gasteiger partial charge in [-0.2, -0.15) is 0 Å². The van der Waals surface area contributed by atoms with Gasteiger partial charge in [-0.05, 0) is 43.3 Å². The van der Waals surface area contributed by atoms with Crippen molar-refractivity contribution in [3.63, 3.8) is 0 Å². The summed E-state index contributed by atoms with van der Waals surface area (Å²) in [6, 6.07) is 9.91. The van der Waals surface area contributed by atoms with Gasteiger partial charge in [0.15, 0.2) is 5.65 Å². The Kier molecular flexibility index (Phi) is 3.06. The molecule has 2 heterocycles. The van der Waals surface area contributed by atoms with Gasteiger partial charge in [-0.25, -0.2) is 0 Å². The Balaban J connectivity index is 1.93. The molecule has 0 aliphatic rings. The van der Waals surface area contributed by atoms with E-state index in [1.165, 1.54) is 4.90 Å². The fraction of sp³-hybridized carbons (Fsp3) is 0.133. The molecule has 2 aromatic heterocycles. The summed E-state index contributed by atoms with van der Waals surface area (Å²) in [6.07, 6.45) is 1.78. The highest BCUT2D eigenvalue weighted by molar-refractivity contribution is 6.06. The molecule has 0 radical (unpaired) electrons. The number of nitrogens with zero attached hydrogens (tertiary/aromatic N) is 4. The molecule has 0 aliphatic carbocycles. The first-order valence-electron chi connectivity index (χ1n) is 6.45. The largest absolute Gasteiger partial charge is 0.508 e.